The van der Waals surface area contributed by atoms with Gasteiger partial charge in [-0.15, -0.1) is 0 Å². The first kappa shape index (κ1) is 18.5. The number of aromatic nitrogens is 2. The van der Waals surface area contributed by atoms with Crippen molar-refractivity contribution in [2.24, 2.45) is 0 Å². The number of para-hydroxylation sites is 1. The molecule has 146 valence electrons. The van der Waals surface area contributed by atoms with E-state index in [2.05, 4.69) is 0 Å². The molecule has 2 heterocycles. The van der Waals surface area contributed by atoms with Gasteiger partial charge in [-0.3, -0.25) is 9.36 Å². The number of hydrogen-bond donors (Lipinski definition) is 0. The second-order valence-electron chi connectivity index (χ2n) is 7.29. The summed E-state index contributed by atoms with van der Waals surface area (Å²) in [5.41, 5.74) is 2.46. The molecule has 0 atom stereocenters. The van der Waals surface area contributed by atoms with Crippen LogP contribution in [0.4, 0.5) is 0 Å². The molecule has 0 N–H and O–H groups in total. The Morgan fingerprint density at radius 2 is 1.97 bits per heavy atom. The molecule has 1 aliphatic rings. The number of rotatable bonds is 4. The molecule has 5 rings (SSSR count). The largest absolute Gasteiger partial charge is 0.423 e. The van der Waals surface area contributed by atoms with Crippen molar-refractivity contribution in [3.63, 3.8) is 0 Å². The van der Waals surface area contributed by atoms with Gasteiger partial charge >= 0.3 is 5.63 Å². The van der Waals surface area contributed by atoms with E-state index in [1.807, 2.05) is 37.3 Å². The number of aryl methyl sites for hydroxylation is 1. The lowest BCUT2D eigenvalue weighted by molar-refractivity contribution is 0.559. The lowest BCUT2D eigenvalue weighted by atomic mass is 10.1. The maximum atomic E-state index is 13.0. The van der Waals surface area contributed by atoms with Crippen molar-refractivity contribution < 1.29 is 4.42 Å². The zero-order valence-corrected chi connectivity index (χ0v) is 17.2. The fourth-order valence-corrected chi connectivity index (χ4v) is 4.71. The molecule has 5 nitrogen and oxygen atoms in total. The Hall–Kier alpha value is -2.57. The molecule has 2 aromatic carbocycles. The molecule has 0 saturated heterocycles. The number of halogens is 1. The van der Waals surface area contributed by atoms with Crippen molar-refractivity contribution in [2.75, 3.05) is 0 Å². The average molecular weight is 425 g/mol. The maximum absolute atomic E-state index is 13.0. The highest BCUT2D eigenvalue weighted by atomic mass is 35.5. The molecule has 1 fully saturated rings. The topological polar surface area (TPSA) is 65.1 Å². The number of benzene rings is 2. The molecular formula is C22H17ClN2O3S. The summed E-state index contributed by atoms with van der Waals surface area (Å²) in [6, 6.07) is 12.7. The van der Waals surface area contributed by atoms with Crippen LogP contribution in [0, 0.1) is 6.92 Å². The van der Waals surface area contributed by atoms with Gasteiger partial charge in [0.25, 0.3) is 5.56 Å². The summed E-state index contributed by atoms with van der Waals surface area (Å²) in [6.45, 7) is 1.87. The van der Waals surface area contributed by atoms with E-state index in [9.17, 15) is 9.59 Å². The van der Waals surface area contributed by atoms with Gasteiger partial charge in [0.05, 0.1) is 10.9 Å². The minimum Gasteiger partial charge on any atom is -0.423 e. The number of fused-ring (bicyclic) bond motifs is 2. The highest BCUT2D eigenvalue weighted by molar-refractivity contribution is 7.98. The Morgan fingerprint density at radius 1 is 1.17 bits per heavy atom. The van der Waals surface area contributed by atoms with Crippen LogP contribution in [-0.4, -0.2) is 9.55 Å². The van der Waals surface area contributed by atoms with E-state index in [4.69, 9.17) is 21.0 Å². The third-order valence-electron chi connectivity index (χ3n) is 5.15. The highest BCUT2D eigenvalue weighted by Crippen LogP contribution is 2.38. The molecule has 0 spiro atoms. The molecular weight excluding hydrogens is 408 g/mol. The fraction of sp³-hybridized carbons (Fsp3) is 0.227. The van der Waals surface area contributed by atoms with Gasteiger partial charge in [-0.05, 0) is 55.2 Å². The summed E-state index contributed by atoms with van der Waals surface area (Å²) >= 11 is 7.75. The molecule has 1 saturated carbocycles. The minimum atomic E-state index is -0.402. The van der Waals surface area contributed by atoms with Crippen molar-refractivity contribution in [3.8, 4) is 0 Å². The van der Waals surface area contributed by atoms with E-state index >= 15 is 0 Å². The van der Waals surface area contributed by atoms with Crippen molar-refractivity contribution >= 4 is 45.2 Å². The van der Waals surface area contributed by atoms with Crippen LogP contribution in [0.2, 0.25) is 5.02 Å². The molecule has 29 heavy (non-hydrogen) atoms. The Kier molecular flexibility index (Phi) is 4.48. The standard InChI is InChI=1S/C22H17ClN2O3S/c1-12-8-19-16(10-17(12)23)13(9-20(26)28-19)11-29-22-24-18-5-3-2-4-15(18)21(27)25(22)14-6-7-14/h2-5,8-10,14H,6-7,11H2,1H3. The predicted octanol–water partition coefficient (Wildman–Crippen LogP) is 5.09. The van der Waals surface area contributed by atoms with E-state index in [1.54, 1.807) is 10.6 Å². The first-order valence-electron chi connectivity index (χ1n) is 9.38. The summed E-state index contributed by atoms with van der Waals surface area (Å²) < 4.78 is 7.15. The summed E-state index contributed by atoms with van der Waals surface area (Å²) in [7, 11) is 0. The first-order valence-corrected chi connectivity index (χ1v) is 10.7. The number of hydrogen-bond acceptors (Lipinski definition) is 5. The Bertz CT molecular complexity index is 1390. The highest BCUT2D eigenvalue weighted by Gasteiger charge is 2.28. The van der Waals surface area contributed by atoms with Crippen LogP contribution in [0.15, 0.2) is 61.6 Å². The van der Waals surface area contributed by atoms with Crippen molar-refractivity contribution in [3.05, 3.63) is 79.4 Å². The molecule has 4 aromatic rings. The van der Waals surface area contributed by atoms with Crippen molar-refractivity contribution in [2.45, 2.75) is 36.7 Å². The van der Waals surface area contributed by atoms with Crippen LogP contribution in [0.5, 0.6) is 0 Å². The summed E-state index contributed by atoms with van der Waals surface area (Å²) in [5, 5.41) is 2.73. The summed E-state index contributed by atoms with van der Waals surface area (Å²) in [6.07, 6.45) is 1.97. The van der Waals surface area contributed by atoms with Crippen LogP contribution in [0.1, 0.15) is 30.0 Å². The van der Waals surface area contributed by atoms with Gasteiger partial charge in [-0.25, -0.2) is 9.78 Å². The second-order valence-corrected chi connectivity index (χ2v) is 8.64. The van der Waals surface area contributed by atoms with E-state index < -0.39 is 5.63 Å². The van der Waals surface area contributed by atoms with E-state index in [-0.39, 0.29) is 11.6 Å². The third-order valence-corrected chi connectivity index (χ3v) is 6.56. The van der Waals surface area contributed by atoms with Crippen molar-refractivity contribution in [1.29, 1.82) is 0 Å². The third kappa shape index (κ3) is 3.36. The first-order chi connectivity index (χ1) is 14.0. The average Bonchev–Trinajstić information content (AvgIpc) is 3.52. The van der Waals surface area contributed by atoms with Gasteiger partial charge in [0.1, 0.15) is 5.58 Å². The van der Waals surface area contributed by atoms with Crippen LogP contribution < -0.4 is 11.2 Å². The van der Waals surface area contributed by atoms with Gasteiger partial charge in [0.2, 0.25) is 0 Å². The van der Waals surface area contributed by atoms with Crippen LogP contribution >= 0.6 is 23.4 Å². The zero-order valence-electron chi connectivity index (χ0n) is 15.6. The van der Waals surface area contributed by atoms with Gasteiger partial charge in [0, 0.05) is 28.3 Å². The maximum Gasteiger partial charge on any atom is 0.336 e. The monoisotopic (exact) mass is 424 g/mol. The molecule has 1 aliphatic carbocycles. The van der Waals surface area contributed by atoms with Crippen molar-refractivity contribution in [1.82, 2.24) is 9.55 Å². The van der Waals surface area contributed by atoms with Crippen LogP contribution in [-0.2, 0) is 5.75 Å². The Balaban J connectivity index is 1.59. The van der Waals surface area contributed by atoms with Gasteiger partial charge in [-0.2, -0.15) is 0 Å². The summed E-state index contributed by atoms with van der Waals surface area (Å²) in [4.78, 5) is 29.8. The smallest absolute Gasteiger partial charge is 0.336 e. The molecule has 2 aromatic heterocycles. The normalized spacial score (nSPS) is 14.0. The molecule has 0 bridgehead atoms. The summed E-state index contributed by atoms with van der Waals surface area (Å²) in [5.74, 6) is 0.485. The fourth-order valence-electron chi connectivity index (χ4n) is 3.49. The van der Waals surface area contributed by atoms with Crippen LogP contribution in [0.3, 0.4) is 0 Å². The van der Waals surface area contributed by atoms with E-state index in [0.29, 0.717) is 32.4 Å². The second kappa shape index (κ2) is 7.04. The lowest BCUT2D eigenvalue weighted by Gasteiger charge is -2.13. The van der Waals surface area contributed by atoms with Gasteiger partial charge in [-0.1, -0.05) is 35.5 Å². The molecule has 0 radical (unpaired) electrons. The Labute approximate surface area is 175 Å². The van der Waals surface area contributed by atoms with Gasteiger partial charge in [0.15, 0.2) is 5.16 Å². The lowest BCUT2D eigenvalue weighted by Crippen LogP contribution is -2.22. The Morgan fingerprint density at radius 3 is 2.76 bits per heavy atom. The molecule has 0 amide bonds. The quantitative estimate of drug-likeness (QED) is 0.259. The predicted molar refractivity (Wildman–Crippen MR) is 116 cm³/mol. The van der Waals surface area contributed by atoms with Crippen LogP contribution in [0.25, 0.3) is 21.9 Å². The van der Waals surface area contributed by atoms with E-state index in [0.717, 1.165) is 29.4 Å². The SMILES string of the molecule is Cc1cc2oc(=O)cc(CSc3nc4ccccc4c(=O)n3C3CC3)c2cc1Cl. The van der Waals surface area contributed by atoms with E-state index in [1.165, 1.54) is 17.8 Å². The molecule has 7 heteroatoms. The molecule has 0 aliphatic heterocycles. The zero-order chi connectivity index (χ0) is 20.1. The van der Waals surface area contributed by atoms with Gasteiger partial charge < -0.3 is 4.42 Å². The number of nitrogens with zero attached hydrogens (tertiary/aromatic N) is 2. The minimum absolute atomic E-state index is 0.00305. The molecule has 0 unspecified atom stereocenters. The number of thioether (sulfide) groups is 1.